The van der Waals surface area contributed by atoms with E-state index in [-0.39, 0.29) is 0 Å². The molecule has 0 amide bonds. The van der Waals surface area contributed by atoms with E-state index in [1.54, 1.807) is 5.56 Å². The SMILES string of the molecule is Cc1ccc2c(c1)[C@@H]1CN(C)CCC[C@H]1N2Cc1cccnc1. The van der Waals surface area contributed by atoms with Gasteiger partial charge in [-0.05, 0) is 56.6 Å². The quantitative estimate of drug-likeness (QED) is 0.845. The second-order valence-corrected chi connectivity index (χ2v) is 7.13. The van der Waals surface area contributed by atoms with Crippen molar-refractivity contribution in [3.63, 3.8) is 0 Å². The smallest absolute Gasteiger partial charge is 0.0448 e. The second-order valence-electron chi connectivity index (χ2n) is 7.13. The third kappa shape index (κ3) is 2.74. The van der Waals surface area contributed by atoms with E-state index in [2.05, 4.69) is 53.0 Å². The van der Waals surface area contributed by atoms with Gasteiger partial charge in [-0.3, -0.25) is 4.98 Å². The highest BCUT2D eigenvalue weighted by Gasteiger charge is 2.39. The third-order valence-corrected chi connectivity index (χ3v) is 5.38. The number of hydrogen-bond donors (Lipinski definition) is 0. The molecule has 1 aromatic carbocycles. The van der Waals surface area contributed by atoms with Gasteiger partial charge in [0.2, 0.25) is 0 Å². The molecule has 1 aromatic heterocycles. The van der Waals surface area contributed by atoms with Crippen molar-refractivity contribution in [3.8, 4) is 0 Å². The third-order valence-electron chi connectivity index (χ3n) is 5.38. The van der Waals surface area contributed by atoms with Crippen molar-refractivity contribution in [1.82, 2.24) is 9.88 Å². The number of rotatable bonds is 2. The van der Waals surface area contributed by atoms with Gasteiger partial charge in [0.15, 0.2) is 0 Å². The molecule has 0 saturated carbocycles. The molecule has 4 rings (SSSR count). The lowest BCUT2D eigenvalue weighted by Gasteiger charge is -2.29. The average molecular weight is 307 g/mol. The molecule has 3 nitrogen and oxygen atoms in total. The molecule has 0 N–H and O–H groups in total. The Morgan fingerprint density at radius 3 is 3.00 bits per heavy atom. The van der Waals surface area contributed by atoms with E-state index in [9.17, 15) is 0 Å². The summed E-state index contributed by atoms with van der Waals surface area (Å²) in [4.78, 5) is 9.44. The van der Waals surface area contributed by atoms with Gasteiger partial charge >= 0.3 is 0 Å². The summed E-state index contributed by atoms with van der Waals surface area (Å²) in [5.74, 6) is 0.633. The number of likely N-dealkylation sites (tertiary alicyclic amines) is 1. The zero-order chi connectivity index (χ0) is 15.8. The molecule has 3 heterocycles. The van der Waals surface area contributed by atoms with E-state index in [1.165, 1.54) is 42.7 Å². The average Bonchev–Trinajstić information content (AvgIpc) is 2.70. The largest absolute Gasteiger partial charge is 0.363 e. The number of benzene rings is 1. The molecule has 0 radical (unpaired) electrons. The van der Waals surface area contributed by atoms with Crippen LogP contribution in [0.2, 0.25) is 0 Å². The van der Waals surface area contributed by atoms with Gasteiger partial charge in [0.05, 0.1) is 0 Å². The predicted octanol–water partition coefficient (Wildman–Crippen LogP) is 3.59. The van der Waals surface area contributed by atoms with Crippen LogP contribution in [-0.4, -0.2) is 36.1 Å². The van der Waals surface area contributed by atoms with Gasteiger partial charge < -0.3 is 9.80 Å². The summed E-state index contributed by atoms with van der Waals surface area (Å²) in [5.41, 5.74) is 5.66. The summed E-state index contributed by atoms with van der Waals surface area (Å²) < 4.78 is 0. The van der Waals surface area contributed by atoms with Crippen molar-refractivity contribution in [3.05, 3.63) is 59.4 Å². The fourth-order valence-corrected chi connectivity index (χ4v) is 4.30. The van der Waals surface area contributed by atoms with Crippen LogP contribution in [0.3, 0.4) is 0 Å². The zero-order valence-electron chi connectivity index (χ0n) is 14.1. The van der Waals surface area contributed by atoms with Crippen LogP contribution in [0, 0.1) is 6.92 Å². The molecule has 0 spiro atoms. The first-order chi connectivity index (χ1) is 11.2. The van der Waals surface area contributed by atoms with E-state index in [4.69, 9.17) is 0 Å². The van der Waals surface area contributed by atoms with Crippen LogP contribution in [0.4, 0.5) is 5.69 Å². The standard InChI is InChI=1S/C20H25N3/c1-15-7-8-20-17(11-15)18-14-22(2)10-4-6-19(18)23(20)13-16-5-3-9-21-12-16/h3,5,7-9,11-12,18-19H,4,6,10,13-14H2,1-2H3/t18-,19+/m0/s1. The Morgan fingerprint density at radius 1 is 1.26 bits per heavy atom. The Labute approximate surface area is 139 Å². The van der Waals surface area contributed by atoms with Crippen molar-refractivity contribution in [2.24, 2.45) is 0 Å². The molecule has 1 fully saturated rings. The molecule has 2 aliphatic heterocycles. The predicted molar refractivity (Wildman–Crippen MR) is 94.9 cm³/mol. The number of hydrogen-bond acceptors (Lipinski definition) is 3. The molecule has 2 aromatic rings. The highest BCUT2D eigenvalue weighted by Crippen LogP contribution is 2.45. The van der Waals surface area contributed by atoms with Crippen LogP contribution in [0.1, 0.15) is 35.4 Å². The molecule has 0 unspecified atom stereocenters. The van der Waals surface area contributed by atoms with Crippen molar-refractivity contribution < 1.29 is 0 Å². The maximum absolute atomic E-state index is 4.30. The summed E-state index contributed by atoms with van der Waals surface area (Å²) in [6.07, 6.45) is 6.43. The van der Waals surface area contributed by atoms with Crippen LogP contribution in [0.15, 0.2) is 42.7 Å². The Bertz CT molecular complexity index is 683. The minimum absolute atomic E-state index is 0.622. The molecular formula is C20H25N3. The van der Waals surface area contributed by atoms with Crippen molar-refractivity contribution in [2.45, 2.75) is 38.3 Å². The summed E-state index contributed by atoms with van der Waals surface area (Å²) in [6, 6.07) is 11.9. The normalized spacial score (nSPS) is 24.2. The number of fused-ring (bicyclic) bond motifs is 3. The minimum Gasteiger partial charge on any atom is -0.363 e. The number of likely N-dealkylation sites (N-methyl/N-ethyl adjacent to an activating group) is 1. The van der Waals surface area contributed by atoms with E-state index < -0.39 is 0 Å². The lowest BCUT2D eigenvalue weighted by atomic mass is 9.92. The molecule has 3 heteroatoms. The highest BCUT2D eigenvalue weighted by atomic mass is 15.2. The van der Waals surface area contributed by atoms with E-state index in [0.29, 0.717) is 12.0 Å². The summed E-state index contributed by atoms with van der Waals surface area (Å²) >= 11 is 0. The summed E-state index contributed by atoms with van der Waals surface area (Å²) in [7, 11) is 2.27. The van der Waals surface area contributed by atoms with Gasteiger partial charge in [0.1, 0.15) is 0 Å². The Kier molecular flexibility index (Phi) is 3.82. The van der Waals surface area contributed by atoms with E-state index in [0.717, 1.165) is 6.54 Å². The Hall–Kier alpha value is -1.87. The molecule has 0 bridgehead atoms. The first kappa shape index (κ1) is 14.7. The molecular weight excluding hydrogens is 282 g/mol. The van der Waals surface area contributed by atoms with Crippen molar-refractivity contribution in [1.29, 1.82) is 0 Å². The monoisotopic (exact) mass is 307 g/mol. The van der Waals surface area contributed by atoms with E-state index in [1.807, 2.05) is 18.5 Å². The number of aryl methyl sites for hydroxylation is 1. The number of anilines is 1. The molecule has 2 atom stereocenters. The first-order valence-corrected chi connectivity index (χ1v) is 8.67. The molecule has 23 heavy (non-hydrogen) atoms. The molecule has 1 saturated heterocycles. The maximum atomic E-state index is 4.30. The summed E-state index contributed by atoms with van der Waals surface area (Å²) in [5, 5.41) is 0. The lowest BCUT2D eigenvalue weighted by Crippen LogP contribution is -2.35. The molecule has 0 aliphatic carbocycles. The number of aromatic nitrogens is 1. The number of nitrogens with zero attached hydrogens (tertiary/aromatic N) is 3. The van der Waals surface area contributed by atoms with Crippen molar-refractivity contribution >= 4 is 5.69 Å². The van der Waals surface area contributed by atoms with Gasteiger partial charge in [0.25, 0.3) is 0 Å². The Balaban J connectivity index is 1.73. The fraction of sp³-hybridized carbons (Fsp3) is 0.450. The van der Waals surface area contributed by atoms with Gasteiger partial charge in [0, 0.05) is 43.1 Å². The first-order valence-electron chi connectivity index (χ1n) is 8.67. The molecule has 2 aliphatic rings. The van der Waals surface area contributed by atoms with Gasteiger partial charge in [-0.25, -0.2) is 0 Å². The van der Waals surface area contributed by atoms with Gasteiger partial charge in [-0.1, -0.05) is 23.8 Å². The van der Waals surface area contributed by atoms with E-state index >= 15 is 0 Å². The highest BCUT2D eigenvalue weighted by molar-refractivity contribution is 5.63. The van der Waals surface area contributed by atoms with Gasteiger partial charge in [-0.15, -0.1) is 0 Å². The van der Waals surface area contributed by atoms with Crippen LogP contribution in [0.25, 0.3) is 0 Å². The number of pyridine rings is 1. The zero-order valence-corrected chi connectivity index (χ0v) is 14.1. The Morgan fingerprint density at radius 2 is 2.17 bits per heavy atom. The second kappa shape index (κ2) is 5.97. The molecule has 120 valence electrons. The maximum Gasteiger partial charge on any atom is 0.0448 e. The van der Waals surface area contributed by atoms with Crippen molar-refractivity contribution in [2.75, 3.05) is 25.0 Å². The van der Waals surface area contributed by atoms with Crippen LogP contribution in [0.5, 0.6) is 0 Å². The van der Waals surface area contributed by atoms with Crippen LogP contribution >= 0.6 is 0 Å². The van der Waals surface area contributed by atoms with Crippen LogP contribution in [-0.2, 0) is 6.54 Å². The lowest BCUT2D eigenvalue weighted by molar-refractivity contribution is 0.330. The van der Waals surface area contributed by atoms with Gasteiger partial charge in [-0.2, -0.15) is 0 Å². The topological polar surface area (TPSA) is 19.4 Å². The minimum atomic E-state index is 0.622. The summed E-state index contributed by atoms with van der Waals surface area (Å²) in [6.45, 7) is 5.56. The van der Waals surface area contributed by atoms with Crippen LogP contribution < -0.4 is 4.90 Å². The fourth-order valence-electron chi connectivity index (χ4n) is 4.30.